The summed E-state index contributed by atoms with van der Waals surface area (Å²) in [4.78, 5) is 15.0. The van der Waals surface area contributed by atoms with Crippen LogP contribution in [0.25, 0.3) is 0 Å². The molecule has 1 atom stereocenters. The molecular weight excluding hydrogens is 183 g/mol. The van der Waals surface area contributed by atoms with Crippen LogP contribution in [0.4, 0.5) is 4.39 Å². The predicted molar refractivity (Wildman–Crippen MR) is 51.4 cm³/mol. The minimum Gasteiger partial charge on any atom is -0.328 e. The number of ketones is 1. The SMILES string of the molecule is CC(N)CCC(=O)c1cncc(F)c1. The van der Waals surface area contributed by atoms with Crippen molar-refractivity contribution in [2.45, 2.75) is 25.8 Å². The number of pyridine rings is 1. The first-order chi connectivity index (χ1) is 6.59. The minimum absolute atomic E-state index is 0.0135. The maximum atomic E-state index is 12.7. The van der Waals surface area contributed by atoms with Crippen molar-refractivity contribution in [2.24, 2.45) is 5.73 Å². The molecule has 0 radical (unpaired) electrons. The first-order valence-electron chi connectivity index (χ1n) is 4.49. The summed E-state index contributed by atoms with van der Waals surface area (Å²) in [6, 6.07) is 1.18. The van der Waals surface area contributed by atoms with Crippen LogP contribution in [0.3, 0.4) is 0 Å². The Morgan fingerprint density at radius 1 is 1.64 bits per heavy atom. The summed E-state index contributed by atoms with van der Waals surface area (Å²) in [5, 5.41) is 0. The normalized spacial score (nSPS) is 12.5. The number of Topliss-reactive ketones (excluding diaryl/α,β-unsaturated/α-hetero) is 1. The lowest BCUT2D eigenvalue weighted by Gasteiger charge is -2.03. The Bertz CT molecular complexity index is 326. The molecule has 0 spiro atoms. The monoisotopic (exact) mass is 196 g/mol. The van der Waals surface area contributed by atoms with E-state index in [0.29, 0.717) is 18.4 Å². The molecular formula is C10H13FN2O. The Kier molecular flexibility index (Phi) is 3.71. The van der Waals surface area contributed by atoms with Crippen molar-refractivity contribution in [2.75, 3.05) is 0 Å². The molecule has 1 unspecified atom stereocenters. The molecule has 1 aromatic rings. The van der Waals surface area contributed by atoms with Gasteiger partial charge in [-0.15, -0.1) is 0 Å². The molecule has 0 bridgehead atoms. The van der Waals surface area contributed by atoms with Gasteiger partial charge in [0, 0.05) is 24.2 Å². The van der Waals surface area contributed by atoms with Crippen molar-refractivity contribution in [3.8, 4) is 0 Å². The summed E-state index contributed by atoms with van der Waals surface area (Å²) in [6.07, 6.45) is 3.38. The van der Waals surface area contributed by atoms with E-state index in [0.717, 1.165) is 6.20 Å². The highest BCUT2D eigenvalue weighted by atomic mass is 19.1. The molecule has 0 saturated carbocycles. The molecule has 14 heavy (non-hydrogen) atoms. The van der Waals surface area contributed by atoms with Crippen LogP contribution in [-0.4, -0.2) is 16.8 Å². The highest BCUT2D eigenvalue weighted by Crippen LogP contribution is 2.06. The first kappa shape index (κ1) is 10.8. The maximum Gasteiger partial charge on any atom is 0.164 e. The molecule has 0 saturated heterocycles. The Morgan fingerprint density at radius 3 is 2.93 bits per heavy atom. The van der Waals surface area contributed by atoms with Crippen LogP contribution in [0, 0.1) is 5.82 Å². The standard InChI is InChI=1S/C10H13FN2O/c1-7(12)2-3-10(14)8-4-9(11)6-13-5-8/h4-7H,2-3,12H2,1H3. The van der Waals surface area contributed by atoms with E-state index in [1.807, 2.05) is 6.92 Å². The molecule has 2 N–H and O–H groups in total. The van der Waals surface area contributed by atoms with E-state index in [9.17, 15) is 9.18 Å². The summed E-state index contributed by atoms with van der Waals surface area (Å²) in [6.45, 7) is 1.83. The molecule has 0 fully saturated rings. The van der Waals surface area contributed by atoms with Gasteiger partial charge in [-0.25, -0.2) is 4.39 Å². The second-order valence-electron chi connectivity index (χ2n) is 3.33. The number of aromatic nitrogens is 1. The van der Waals surface area contributed by atoms with Crippen LogP contribution in [0.15, 0.2) is 18.5 Å². The van der Waals surface area contributed by atoms with Crippen LogP contribution in [0.1, 0.15) is 30.1 Å². The summed E-state index contributed by atoms with van der Waals surface area (Å²) >= 11 is 0. The summed E-state index contributed by atoms with van der Waals surface area (Å²) < 4.78 is 12.7. The van der Waals surface area contributed by atoms with Gasteiger partial charge >= 0.3 is 0 Å². The van der Waals surface area contributed by atoms with Gasteiger partial charge in [0.2, 0.25) is 0 Å². The average molecular weight is 196 g/mol. The molecule has 1 rings (SSSR count). The number of carbonyl (C=O) groups is 1. The van der Waals surface area contributed by atoms with Gasteiger partial charge in [-0.05, 0) is 19.4 Å². The zero-order valence-electron chi connectivity index (χ0n) is 8.03. The fourth-order valence-electron chi connectivity index (χ4n) is 1.07. The van der Waals surface area contributed by atoms with Gasteiger partial charge in [0.05, 0.1) is 6.20 Å². The third kappa shape index (κ3) is 3.22. The number of hydrogen-bond acceptors (Lipinski definition) is 3. The molecule has 0 aromatic carbocycles. The molecule has 0 aliphatic rings. The van der Waals surface area contributed by atoms with E-state index in [2.05, 4.69) is 4.98 Å². The molecule has 0 aliphatic heterocycles. The molecule has 1 heterocycles. The number of hydrogen-bond donors (Lipinski definition) is 1. The quantitative estimate of drug-likeness (QED) is 0.743. The minimum atomic E-state index is -0.489. The fraction of sp³-hybridized carbons (Fsp3) is 0.400. The van der Waals surface area contributed by atoms with Crippen LogP contribution in [0.2, 0.25) is 0 Å². The van der Waals surface area contributed by atoms with E-state index in [1.54, 1.807) is 0 Å². The Labute approximate surface area is 82.1 Å². The zero-order chi connectivity index (χ0) is 10.6. The van der Waals surface area contributed by atoms with Crippen molar-refractivity contribution in [3.05, 3.63) is 29.8 Å². The molecule has 0 aliphatic carbocycles. The fourth-order valence-corrected chi connectivity index (χ4v) is 1.07. The summed E-state index contributed by atoms with van der Waals surface area (Å²) in [7, 11) is 0. The molecule has 3 nitrogen and oxygen atoms in total. The van der Waals surface area contributed by atoms with Gasteiger partial charge in [-0.3, -0.25) is 9.78 Å². The average Bonchev–Trinajstić information content (AvgIpc) is 2.14. The molecule has 1 aromatic heterocycles. The second-order valence-corrected chi connectivity index (χ2v) is 3.33. The van der Waals surface area contributed by atoms with Crippen molar-refractivity contribution >= 4 is 5.78 Å². The van der Waals surface area contributed by atoms with Crippen LogP contribution < -0.4 is 5.73 Å². The smallest absolute Gasteiger partial charge is 0.164 e. The Hall–Kier alpha value is -1.29. The lowest BCUT2D eigenvalue weighted by atomic mass is 10.1. The highest BCUT2D eigenvalue weighted by molar-refractivity contribution is 5.95. The van der Waals surface area contributed by atoms with Gasteiger partial charge in [0.15, 0.2) is 5.78 Å². The lowest BCUT2D eigenvalue weighted by Crippen LogP contribution is -2.16. The van der Waals surface area contributed by atoms with Crippen LogP contribution in [-0.2, 0) is 0 Å². The van der Waals surface area contributed by atoms with Gasteiger partial charge in [0.1, 0.15) is 5.82 Å². The van der Waals surface area contributed by atoms with Gasteiger partial charge in [0.25, 0.3) is 0 Å². The number of halogens is 1. The summed E-state index contributed by atoms with van der Waals surface area (Å²) in [5.74, 6) is -0.606. The lowest BCUT2D eigenvalue weighted by molar-refractivity contribution is 0.0977. The Morgan fingerprint density at radius 2 is 2.36 bits per heavy atom. The van der Waals surface area contributed by atoms with E-state index in [-0.39, 0.29) is 11.8 Å². The maximum absolute atomic E-state index is 12.7. The number of nitrogens with zero attached hydrogens (tertiary/aromatic N) is 1. The number of rotatable bonds is 4. The number of carbonyl (C=O) groups excluding carboxylic acids is 1. The van der Waals surface area contributed by atoms with Gasteiger partial charge in [-0.1, -0.05) is 0 Å². The third-order valence-corrected chi connectivity index (χ3v) is 1.85. The van der Waals surface area contributed by atoms with E-state index in [4.69, 9.17) is 5.73 Å². The van der Waals surface area contributed by atoms with E-state index in [1.165, 1.54) is 12.3 Å². The largest absolute Gasteiger partial charge is 0.328 e. The molecule has 76 valence electrons. The van der Waals surface area contributed by atoms with Gasteiger partial charge in [-0.2, -0.15) is 0 Å². The van der Waals surface area contributed by atoms with Crippen molar-refractivity contribution < 1.29 is 9.18 Å². The molecule has 0 amide bonds. The van der Waals surface area contributed by atoms with Crippen LogP contribution >= 0.6 is 0 Å². The van der Waals surface area contributed by atoms with E-state index >= 15 is 0 Å². The van der Waals surface area contributed by atoms with E-state index < -0.39 is 5.82 Å². The zero-order valence-corrected chi connectivity index (χ0v) is 8.03. The second kappa shape index (κ2) is 4.81. The van der Waals surface area contributed by atoms with Crippen LogP contribution in [0.5, 0.6) is 0 Å². The highest BCUT2D eigenvalue weighted by Gasteiger charge is 2.07. The topological polar surface area (TPSA) is 56.0 Å². The predicted octanol–water partition coefficient (Wildman–Crippen LogP) is 1.53. The van der Waals surface area contributed by atoms with Crippen molar-refractivity contribution in [1.82, 2.24) is 4.98 Å². The molecule has 4 heteroatoms. The van der Waals surface area contributed by atoms with Crippen molar-refractivity contribution in [3.63, 3.8) is 0 Å². The third-order valence-electron chi connectivity index (χ3n) is 1.85. The first-order valence-corrected chi connectivity index (χ1v) is 4.49. The van der Waals surface area contributed by atoms with Crippen molar-refractivity contribution in [1.29, 1.82) is 0 Å². The number of nitrogens with two attached hydrogens (primary N) is 1. The Balaban J connectivity index is 2.61. The summed E-state index contributed by atoms with van der Waals surface area (Å²) in [5.41, 5.74) is 5.82. The van der Waals surface area contributed by atoms with Gasteiger partial charge < -0.3 is 5.73 Å².